The van der Waals surface area contributed by atoms with Crippen molar-refractivity contribution < 1.29 is 17.7 Å². The molecule has 0 saturated carbocycles. The van der Waals surface area contributed by atoms with E-state index in [1.807, 2.05) is 0 Å². The van der Waals surface area contributed by atoms with Crippen LogP contribution in [0.2, 0.25) is 5.67 Å². The lowest BCUT2D eigenvalue weighted by Crippen LogP contribution is -2.66. The molecule has 0 N–H and O–H groups in total. The highest BCUT2D eigenvalue weighted by atomic mass is 28.4. The van der Waals surface area contributed by atoms with Crippen LogP contribution in [-0.4, -0.2) is 43.5 Å². The van der Waals surface area contributed by atoms with Crippen LogP contribution in [0.1, 0.15) is 79.1 Å². The molecule has 0 fully saturated rings. The average Bonchev–Trinajstić information content (AvgIpc) is 2.90. The molecule has 6 heteroatoms. The molecule has 0 spiro atoms. The summed E-state index contributed by atoms with van der Waals surface area (Å²) < 4.78 is 27.5. The number of rotatable bonds is 20. The largest absolute Gasteiger partial charge is 0.391 e. The Kier molecular flexibility index (Phi) is 14.7. The van der Waals surface area contributed by atoms with Gasteiger partial charge in [-0.25, -0.2) is 0 Å². The van der Waals surface area contributed by atoms with Crippen LogP contribution in [0, 0.1) is 0 Å². The minimum atomic E-state index is -2.87. The van der Waals surface area contributed by atoms with E-state index in [-0.39, 0.29) is 0 Å². The molecular formula is C29H48O4Si2. The fraction of sp³-hybridized carbons (Fsp3) is 0.586. The van der Waals surface area contributed by atoms with E-state index in [1.165, 1.54) is 10.4 Å². The first kappa shape index (κ1) is 29.9. The maximum absolute atomic E-state index is 6.88. The Morgan fingerprint density at radius 2 is 0.743 bits per heavy atom. The van der Waals surface area contributed by atoms with Gasteiger partial charge in [-0.3, -0.25) is 0 Å². The van der Waals surface area contributed by atoms with Gasteiger partial charge >= 0.3 is 17.1 Å². The van der Waals surface area contributed by atoms with E-state index in [0.29, 0.717) is 32.1 Å². The quantitative estimate of drug-likeness (QED) is 0.149. The first-order chi connectivity index (χ1) is 17.2. The van der Waals surface area contributed by atoms with E-state index in [4.69, 9.17) is 17.7 Å². The molecule has 0 unspecified atom stereocenters. The third kappa shape index (κ3) is 9.59. The van der Waals surface area contributed by atoms with Gasteiger partial charge in [-0.2, -0.15) is 0 Å². The van der Waals surface area contributed by atoms with Crippen molar-refractivity contribution in [3.63, 3.8) is 0 Å². The van der Waals surface area contributed by atoms with Gasteiger partial charge in [-0.05, 0) is 36.1 Å². The van der Waals surface area contributed by atoms with Crippen LogP contribution in [0.25, 0.3) is 0 Å². The molecular weight excluding hydrogens is 468 g/mol. The smallest absolute Gasteiger partial charge is 0.374 e. The summed E-state index contributed by atoms with van der Waals surface area (Å²) in [5, 5.41) is 2.36. The second-order valence-electron chi connectivity index (χ2n) is 9.22. The fourth-order valence-electron chi connectivity index (χ4n) is 4.04. The Bertz CT molecular complexity index is 687. The van der Waals surface area contributed by atoms with Crippen LogP contribution in [0.15, 0.2) is 60.7 Å². The molecule has 0 aromatic heterocycles. The van der Waals surface area contributed by atoms with Crippen molar-refractivity contribution >= 4 is 27.5 Å². The Labute approximate surface area is 216 Å². The zero-order valence-corrected chi connectivity index (χ0v) is 24.6. The molecule has 0 heterocycles. The number of hydrogen-bond donors (Lipinski definition) is 0. The van der Waals surface area contributed by atoms with Crippen molar-refractivity contribution in [2.45, 2.75) is 84.7 Å². The number of hydrogen-bond acceptors (Lipinski definition) is 4. The van der Waals surface area contributed by atoms with Crippen molar-refractivity contribution in [3.05, 3.63) is 60.7 Å². The maximum Gasteiger partial charge on any atom is 0.374 e. The van der Waals surface area contributed by atoms with E-state index in [2.05, 4.69) is 88.4 Å². The van der Waals surface area contributed by atoms with Crippen LogP contribution in [0.3, 0.4) is 0 Å². The number of unbranched alkanes of at least 4 members (excludes halogenated alkanes) is 4. The third-order valence-electron chi connectivity index (χ3n) is 6.23. The molecule has 0 saturated heterocycles. The molecule has 2 aromatic rings. The lowest BCUT2D eigenvalue weighted by atomic mass is 10.4. The monoisotopic (exact) mass is 516 g/mol. The van der Waals surface area contributed by atoms with Crippen LogP contribution in [0.5, 0.6) is 0 Å². The van der Waals surface area contributed by atoms with Crippen molar-refractivity contribution in [1.29, 1.82) is 0 Å². The van der Waals surface area contributed by atoms with Gasteiger partial charge in [0.2, 0.25) is 0 Å². The second kappa shape index (κ2) is 17.2. The Morgan fingerprint density at radius 3 is 1.00 bits per heavy atom. The topological polar surface area (TPSA) is 36.9 Å². The highest BCUT2D eigenvalue weighted by Gasteiger charge is 2.54. The van der Waals surface area contributed by atoms with Crippen molar-refractivity contribution in [2.75, 3.05) is 26.4 Å². The van der Waals surface area contributed by atoms with Crippen molar-refractivity contribution in [1.82, 2.24) is 0 Å². The summed E-state index contributed by atoms with van der Waals surface area (Å²) in [5.41, 5.74) is 0.703. The fourth-order valence-corrected chi connectivity index (χ4v) is 13.9. The molecule has 0 bridgehead atoms. The third-order valence-corrected chi connectivity index (χ3v) is 15.1. The molecule has 0 atom stereocenters. The van der Waals surface area contributed by atoms with Crippen LogP contribution in [0.4, 0.5) is 0 Å². The van der Waals surface area contributed by atoms with Crippen LogP contribution < -0.4 is 10.4 Å². The summed E-state index contributed by atoms with van der Waals surface area (Å²) in [4.78, 5) is 0. The summed E-state index contributed by atoms with van der Waals surface area (Å²) in [6, 6.07) is 21.3. The molecule has 196 valence electrons. The predicted molar refractivity (Wildman–Crippen MR) is 152 cm³/mol. The zero-order chi connectivity index (χ0) is 25.2. The SMILES string of the molecule is CCCCO[Si](C[Si](OCCCC)(OCCCC)c1ccccc1)(OCCCC)c1ccccc1. The second-order valence-corrected chi connectivity index (χ2v) is 16.0. The average molecular weight is 517 g/mol. The van der Waals surface area contributed by atoms with Gasteiger partial charge in [0.05, 0.1) is 0 Å². The van der Waals surface area contributed by atoms with Gasteiger partial charge in [0.25, 0.3) is 0 Å². The summed E-state index contributed by atoms with van der Waals surface area (Å²) in [5.74, 6) is 0. The Morgan fingerprint density at radius 1 is 0.457 bits per heavy atom. The highest BCUT2D eigenvalue weighted by molar-refractivity contribution is 6.98. The summed E-state index contributed by atoms with van der Waals surface area (Å²) >= 11 is 0. The molecule has 35 heavy (non-hydrogen) atoms. The highest BCUT2D eigenvalue weighted by Crippen LogP contribution is 2.27. The lowest BCUT2D eigenvalue weighted by Gasteiger charge is -2.39. The van der Waals surface area contributed by atoms with Crippen molar-refractivity contribution in [3.8, 4) is 0 Å². The van der Waals surface area contributed by atoms with E-state index in [9.17, 15) is 0 Å². The predicted octanol–water partition coefficient (Wildman–Crippen LogP) is 6.49. The summed E-state index contributed by atoms with van der Waals surface area (Å²) in [6.07, 6.45) is 8.45. The molecule has 4 nitrogen and oxygen atoms in total. The summed E-state index contributed by atoms with van der Waals surface area (Å²) in [7, 11) is -5.75. The van der Waals surface area contributed by atoms with Crippen LogP contribution >= 0.6 is 0 Å². The first-order valence-corrected chi connectivity index (χ1v) is 17.9. The Hall–Kier alpha value is -1.29. The minimum Gasteiger partial charge on any atom is -0.391 e. The minimum absolute atomic E-state index is 0.701. The van der Waals surface area contributed by atoms with E-state index < -0.39 is 17.1 Å². The normalized spacial score (nSPS) is 12.2. The van der Waals surface area contributed by atoms with E-state index in [0.717, 1.165) is 51.4 Å². The van der Waals surface area contributed by atoms with Gasteiger partial charge in [-0.15, -0.1) is 0 Å². The molecule has 0 aliphatic carbocycles. The van der Waals surface area contributed by atoms with Gasteiger partial charge in [-0.1, -0.05) is 114 Å². The molecule has 0 amide bonds. The van der Waals surface area contributed by atoms with E-state index in [1.54, 1.807) is 0 Å². The molecule has 2 rings (SSSR count). The Balaban J connectivity index is 2.59. The maximum atomic E-state index is 6.88. The standard InChI is InChI=1S/C29H48O4Si2/c1-5-9-23-30-34(31-24-10-6-2,28-19-15-13-16-20-28)27-35(32-25-11-7-3,33-26-12-8-4)29-21-17-14-18-22-29/h13-22H,5-12,23-27H2,1-4H3. The molecule has 0 aliphatic heterocycles. The molecule has 0 aliphatic rings. The molecule has 0 radical (unpaired) electrons. The van der Waals surface area contributed by atoms with E-state index >= 15 is 0 Å². The van der Waals surface area contributed by atoms with Gasteiger partial charge < -0.3 is 17.7 Å². The zero-order valence-electron chi connectivity index (χ0n) is 22.6. The van der Waals surface area contributed by atoms with Gasteiger partial charge in [0.15, 0.2) is 0 Å². The van der Waals surface area contributed by atoms with Gasteiger partial charge in [0, 0.05) is 32.1 Å². The van der Waals surface area contributed by atoms with Crippen LogP contribution in [-0.2, 0) is 17.7 Å². The first-order valence-electron chi connectivity index (χ1n) is 13.8. The molecule has 2 aromatic carbocycles. The van der Waals surface area contributed by atoms with Gasteiger partial charge in [0.1, 0.15) is 0 Å². The number of benzene rings is 2. The summed E-state index contributed by atoms with van der Waals surface area (Å²) in [6.45, 7) is 11.6. The van der Waals surface area contributed by atoms with Crippen molar-refractivity contribution in [2.24, 2.45) is 0 Å². The lowest BCUT2D eigenvalue weighted by molar-refractivity contribution is 0.157.